The maximum absolute atomic E-state index is 13.3. The van der Waals surface area contributed by atoms with Gasteiger partial charge in [0.2, 0.25) is 0 Å². The molecule has 0 saturated carbocycles. The van der Waals surface area contributed by atoms with Gasteiger partial charge >= 0.3 is 12.0 Å². The van der Waals surface area contributed by atoms with Gasteiger partial charge in [0.05, 0.1) is 38.7 Å². The number of urea groups is 1. The summed E-state index contributed by atoms with van der Waals surface area (Å²) in [6.45, 7) is 3.21. The molecule has 3 N–H and O–H groups in total. The van der Waals surface area contributed by atoms with E-state index in [1.807, 2.05) is 0 Å². The average molecular weight is 700 g/mol. The Hall–Kier alpha value is -5.11. The van der Waals surface area contributed by atoms with Crippen molar-refractivity contribution in [2.45, 2.75) is 26.5 Å². The second kappa shape index (κ2) is 15.8. The summed E-state index contributed by atoms with van der Waals surface area (Å²) in [5.41, 5.74) is 4.82. The molecule has 1 heterocycles. The number of hydrogen-bond donors (Lipinski definition) is 3. The van der Waals surface area contributed by atoms with Crippen LogP contribution >= 0.6 is 15.9 Å². The van der Waals surface area contributed by atoms with Gasteiger partial charge < -0.3 is 34.3 Å². The number of methoxy groups -OCH3 is 2. The molecule has 46 heavy (non-hydrogen) atoms. The molecule has 0 radical (unpaired) electrons. The van der Waals surface area contributed by atoms with E-state index in [0.717, 1.165) is 5.56 Å². The van der Waals surface area contributed by atoms with Crippen LogP contribution in [0.25, 0.3) is 0 Å². The molecule has 0 aromatic heterocycles. The van der Waals surface area contributed by atoms with E-state index in [1.54, 1.807) is 56.3 Å². The van der Waals surface area contributed by atoms with Gasteiger partial charge in [-0.05, 0) is 61.4 Å². The molecule has 1 atom stereocenters. The van der Waals surface area contributed by atoms with Gasteiger partial charge in [-0.2, -0.15) is 5.10 Å². The lowest BCUT2D eigenvalue weighted by atomic mass is 9.95. The van der Waals surface area contributed by atoms with Crippen LogP contribution in [-0.4, -0.2) is 51.6 Å². The van der Waals surface area contributed by atoms with Gasteiger partial charge in [0, 0.05) is 15.7 Å². The van der Waals surface area contributed by atoms with E-state index >= 15 is 0 Å². The highest BCUT2D eigenvalue weighted by Crippen LogP contribution is 2.36. The third-order valence-corrected chi connectivity index (χ3v) is 7.06. The standard InChI is InChI=1S/C32H32BrFN4O8/c1-5-44-31(40)28-18(2)36-32(41)37-29(28)20-8-11-24(25(13-20)42-3)45-17-27(39)38-35-15-21-12-22(33)14-26(43-4)30(21)46-16-19-6-9-23(34)10-7-19/h6-15,29H,5,16-17H2,1-4H3,(H,38,39)(H2,36,37,41)/b35-15+/t29-/m1/s1. The first-order valence-electron chi connectivity index (χ1n) is 14.0. The smallest absolute Gasteiger partial charge is 0.338 e. The average Bonchev–Trinajstić information content (AvgIpc) is 3.03. The number of nitrogens with one attached hydrogen (secondary N) is 3. The zero-order chi connectivity index (χ0) is 33.2. The maximum atomic E-state index is 13.3. The molecule has 242 valence electrons. The summed E-state index contributed by atoms with van der Waals surface area (Å²) in [4.78, 5) is 37.4. The molecule has 0 aliphatic carbocycles. The van der Waals surface area contributed by atoms with Gasteiger partial charge in [0.15, 0.2) is 29.6 Å². The number of hydrazone groups is 1. The zero-order valence-electron chi connectivity index (χ0n) is 25.4. The second-order valence-corrected chi connectivity index (χ2v) is 10.6. The van der Waals surface area contributed by atoms with Crippen molar-refractivity contribution in [3.63, 3.8) is 0 Å². The molecular weight excluding hydrogens is 667 g/mol. The van der Waals surface area contributed by atoms with Crippen molar-refractivity contribution >= 4 is 40.1 Å². The summed E-state index contributed by atoms with van der Waals surface area (Å²) in [6.07, 6.45) is 1.39. The topological polar surface area (TPSA) is 146 Å². The molecule has 14 heteroatoms. The molecule has 12 nitrogen and oxygen atoms in total. The number of allylic oxidation sites excluding steroid dienone is 1. The monoisotopic (exact) mass is 698 g/mol. The number of nitrogens with zero attached hydrogens (tertiary/aromatic N) is 1. The van der Waals surface area contributed by atoms with Gasteiger partial charge in [-0.15, -0.1) is 0 Å². The van der Waals surface area contributed by atoms with Gasteiger partial charge in [-0.1, -0.05) is 34.1 Å². The lowest BCUT2D eigenvalue weighted by Crippen LogP contribution is -2.45. The highest BCUT2D eigenvalue weighted by atomic mass is 79.9. The predicted molar refractivity (Wildman–Crippen MR) is 169 cm³/mol. The van der Waals surface area contributed by atoms with Crippen molar-refractivity contribution < 1.29 is 42.5 Å². The minimum Gasteiger partial charge on any atom is -0.493 e. The van der Waals surface area contributed by atoms with Crippen LogP contribution in [0.1, 0.15) is 36.6 Å². The van der Waals surface area contributed by atoms with Gasteiger partial charge in [-0.3, -0.25) is 4.79 Å². The Kier molecular flexibility index (Phi) is 11.6. The maximum Gasteiger partial charge on any atom is 0.338 e. The molecule has 3 aromatic rings. The van der Waals surface area contributed by atoms with Gasteiger partial charge in [0.1, 0.15) is 12.4 Å². The van der Waals surface area contributed by atoms with Crippen molar-refractivity contribution in [3.05, 3.63) is 92.8 Å². The van der Waals surface area contributed by atoms with Crippen molar-refractivity contribution in [3.8, 4) is 23.0 Å². The van der Waals surface area contributed by atoms with Crippen LogP contribution in [0, 0.1) is 5.82 Å². The fourth-order valence-electron chi connectivity index (χ4n) is 4.48. The Labute approximate surface area is 273 Å². The van der Waals surface area contributed by atoms with Crippen molar-refractivity contribution in [2.75, 3.05) is 27.4 Å². The number of ether oxygens (including phenoxy) is 5. The van der Waals surface area contributed by atoms with Gasteiger partial charge in [0.25, 0.3) is 5.91 Å². The minimum absolute atomic E-state index is 0.143. The van der Waals surface area contributed by atoms with E-state index in [2.05, 4.69) is 37.1 Å². The van der Waals surface area contributed by atoms with E-state index in [1.165, 1.54) is 32.6 Å². The number of esters is 1. The molecule has 4 rings (SSSR count). The fourth-order valence-corrected chi connectivity index (χ4v) is 4.94. The number of hydrogen-bond acceptors (Lipinski definition) is 9. The normalized spacial score (nSPS) is 14.3. The summed E-state index contributed by atoms with van der Waals surface area (Å²) in [5, 5.41) is 9.34. The highest BCUT2D eigenvalue weighted by Gasteiger charge is 2.32. The summed E-state index contributed by atoms with van der Waals surface area (Å²) in [6, 6.07) is 12.9. The molecule has 0 bridgehead atoms. The van der Waals surface area contributed by atoms with Crippen LogP contribution in [-0.2, 0) is 20.9 Å². The Morgan fingerprint density at radius 2 is 1.76 bits per heavy atom. The predicted octanol–water partition coefficient (Wildman–Crippen LogP) is 4.90. The van der Waals surface area contributed by atoms with Crippen LogP contribution in [0.3, 0.4) is 0 Å². The SMILES string of the molecule is CCOC(=O)C1=C(C)NC(=O)N[C@@H]1c1ccc(OCC(=O)N/N=C/c2cc(Br)cc(OC)c2OCc2ccc(F)cc2)c(OC)c1. The minimum atomic E-state index is -0.797. The molecular formula is C32H32BrFN4O8. The first-order valence-corrected chi connectivity index (χ1v) is 14.8. The molecule has 1 aliphatic rings. The number of carbonyl (C=O) groups excluding carboxylic acids is 3. The second-order valence-electron chi connectivity index (χ2n) is 9.72. The number of halogens is 2. The summed E-state index contributed by atoms with van der Waals surface area (Å²) in [5.74, 6) is -0.169. The van der Waals surface area contributed by atoms with Crippen LogP contribution in [0.4, 0.5) is 9.18 Å². The number of amides is 3. The Morgan fingerprint density at radius 1 is 1.02 bits per heavy atom. The Balaban J connectivity index is 1.42. The van der Waals surface area contributed by atoms with E-state index < -0.39 is 30.6 Å². The quantitative estimate of drug-likeness (QED) is 0.130. The lowest BCUT2D eigenvalue weighted by molar-refractivity contribution is -0.139. The zero-order valence-corrected chi connectivity index (χ0v) is 27.0. The van der Waals surface area contributed by atoms with Crippen molar-refractivity contribution in [1.82, 2.24) is 16.1 Å². The number of carbonyl (C=O) groups is 3. The van der Waals surface area contributed by atoms with E-state index in [-0.39, 0.29) is 36.1 Å². The van der Waals surface area contributed by atoms with Gasteiger partial charge in [-0.25, -0.2) is 19.4 Å². The molecule has 3 aromatic carbocycles. The van der Waals surface area contributed by atoms with Crippen LogP contribution in [0.2, 0.25) is 0 Å². The molecule has 0 fully saturated rings. The van der Waals surface area contributed by atoms with Crippen LogP contribution < -0.4 is 35.0 Å². The first kappa shape index (κ1) is 33.8. The highest BCUT2D eigenvalue weighted by molar-refractivity contribution is 9.10. The van der Waals surface area contributed by atoms with Crippen LogP contribution in [0.15, 0.2) is 75.4 Å². The van der Waals surface area contributed by atoms with E-state index in [0.29, 0.717) is 32.8 Å². The third-order valence-electron chi connectivity index (χ3n) is 6.60. The van der Waals surface area contributed by atoms with Crippen molar-refractivity contribution in [1.29, 1.82) is 0 Å². The lowest BCUT2D eigenvalue weighted by Gasteiger charge is -2.28. The molecule has 0 spiro atoms. The summed E-state index contributed by atoms with van der Waals surface area (Å²) < 4.78 is 41.7. The Bertz CT molecular complexity index is 1660. The third kappa shape index (κ3) is 8.53. The Morgan fingerprint density at radius 3 is 2.46 bits per heavy atom. The number of rotatable bonds is 13. The van der Waals surface area contributed by atoms with Crippen LogP contribution in [0.5, 0.6) is 23.0 Å². The van der Waals surface area contributed by atoms with E-state index in [9.17, 15) is 18.8 Å². The molecule has 1 aliphatic heterocycles. The molecule has 3 amide bonds. The fraction of sp³-hybridized carbons (Fsp3) is 0.250. The molecule has 0 unspecified atom stereocenters. The van der Waals surface area contributed by atoms with Crippen molar-refractivity contribution in [2.24, 2.45) is 5.10 Å². The first-order chi connectivity index (χ1) is 22.1. The largest absolute Gasteiger partial charge is 0.493 e. The summed E-state index contributed by atoms with van der Waals surface area (Å²) in [7, 11) is 2.92. The number of benzene rings is 3. The molecule has 0 saturated heterocycles. The summed E-state index contributed by atoms with van der Waals surface area (Å²) >= 11 is 3.42. The van der Waals surface area contributed by atoms with E-state index in [4.69, 9.17) is 23.7 Å².